The summed E-state index contributed by atoms with van der Waals surface area (Å²) in [4.78, 5) is 23.6. The van der Waals surface area contributed by atoms with Crippen molar-refractivity contribution in [1.82, 2.24) is 10.7 Å². The summed E-state index contributed by atoms with van der Waals surface area (Å²) in [6, 6.07) is 6.97. The topological polar surface area (TPSA) is 70.6 Å². The van der Waals surface area contributed by atoms with Crippen LogP contribution in [0, 0.1) is 5.41 Å². The maximum atomic E-state index is 12.4. The number of rotatable bonds is 0. The second-order valence-electron chi connectivity index (χ2n) is 4.46. The van der Waals surface area contributed by atoms with Gasteiger partial charge >= 0.3 is 6.03 Å². The van der Waals surface area contributed by atoms with Crippen molar-refractivity contribution in [1.29, 1.82) is 0 Å². The summed E-state index contributed by atoms with van der Waals surface area (Å²) in [5, 5.41) is 6.70. The van der Waals surface area contributed by atoms with Crippen LogP contribution in [0.2, 0.25) is 0 Å². The lowest BCUT2D eigenvalue weighted by Gasteiger charge is -2.20. The molecule has 1 aromatic rings. The number of hydrogen-bond acceptors (Lipinski definition) is 3. The Bertz CT molecular complexity index is 565. The Labute approximate surface area is 97.9 Å². The van der Waals surface area contributed by atoms with E-state index in [2.05, 4.69) is 15.8 Å². The average Bonchev–Trinajstić information content (AvgIpc) is 2.46. The first-order chi connectivity index (χ1) is 8.13. The fourth-order valence-corrected chi connectivity index (χ4v) is 2.34. The van der Waals surface area contributed by atoms with E-state index in [4.69, 9.17) is 0 Å². The molecule has 1 atom stereocenters. The molecule has 2 amide bonds. The minimum atomic E-state index is -0.761. The predicted octanol–water partition coefficient (Wildman–Crippen LogP) is 0.906. The first kappa shape index (κ1) is 10.0. The molecule has 0 fully saturated rings. The standard InChI is InChI=1S/C12H11N3O2/c1-12-6-13-11(17)15-14-9(12)7-4-2-3-5-8(7)10(12)16/h2-5H,6H2,1H3,(H2,13,15,17). The van der Waals surface area contributed by atoms with Gasteiger partial charge in [0.15, 0.2) is 5.78 Å². The third-order valence-corrected chi connectivity index (χ3v) is 3.32. The van der Waals surface area contributed by atoms with Gasteiger partial charge in [0.05, 0.1) is 11.1 Å². The Hall–Kier alpha value is -2.17. The van der Waals surface area contributed by atoms with Crippen molar-refractivity contribution >= 4 is 17.5 Å². The number of carbonyl (C=O) groups excluding carboxylic acids is 2. The third kappa shape index (κ3) is 1.22. The predicted molar refractivity (Wildman–Crippen MR) is 62.0 cm³/mol. The Kier molecular flexibility index (Phi) is 1.86. The second-order valence-corrected chi connectivity index (χ2v) is 4.46. The minimum Gasteiger partial charge on any atom is -0.335 e. The zero-order chi connectivity index (χ0) is 12.0. The largest absolute Gasteiger partial charge is 0.335 e. The summed E-state index contributed by atoms with van der Waals surface area (Å²) in [5.74, 6) is 0.0100. The second kappa shape index (κ2) is 3.16. The van der Waals surface area contributed by atoms with Crippen molar-refractivity contribution in [3.63, 3.8) is 0 Å². The first-order valence-corrected chi connectivity index (χ1v) is 5.39. The first-order valence-electron chi connectivity index (χ1n) is 5.39. The number of urea groups is 1. The maximum absolute atomic E-state index is 12.4. The van der Waals surface area contributed by atoms with E-state index in [1.807, 2.05) is 18.2 Å². The monoisotopic (exact) mass is 229 g/mol. The van der Waals surface area contributed by atoms with Gasteiger partial charge in [0.25, 0.3) is 0 Å². The lowest BCUT2D eigenvalue weighted by atomic mass is 9.84. The molecule has 2 N–H and O–H groups in total. The molecule has 0 bridgehead atoms. The number of nitrogens with zero attached hydrogens (tertiary/aromatic N) is 1. The van der Waals surface area contributed by atoms with Crippen molar-refractivity contribution in [3.8, 4) is 0 Å². The van der Waals surface area contributed by atoms with E-state index >= 15 is 0 Å². The molecule has 3 rings (SSSR count). The van der Waals surface area contributed by atoms with Crippen LogP contribution in [0.3, 0.4) is 0 Å². The van der Waals surface area contributed by atoms with Gasteiger partial charge in [-0.05, 0) is 6.92 Å². The molecule has 1 aliphatic heterocycles. The lowest BCUT2D eigenvalue weighted by Crippen LogP contribution is -2.41. The number of ketones is 1. The Balaban J connectivity index is 2.23. The fourth-order valence-electron chi connectivity index (χ4n) is 2.34. The summed E-state index contributed by atoms with van der Waals surface area (Å²) >= 11 is 0. The van der Waals surface area contributed by atoms with Gasteiger partial charge < -0.3 is 5.32 Å². The maximum Gasteiger partial charge on any atom is 0.335 e. The third-order valence-electron chi connectivity index (χ3n) is 3.32. The molecule has 2 aliphatic rings. The summed E-state index contributed by atoms with van der Waals surface area (Å²) in [6.07, 6.45) is 0. The highest BCUT2D eigenvalue weighted by Crippen LogP contribution is 2.37. The molecule has 1 heterocycles. The van der Waals surface area contributed by atoms with Crippen LogP contribution in [-0.2, 0) is 0 Å². The zero-order valence-electron chi connectivity index (χ0n) is 9.28. The van der Waals surface area contributed by atoms with Gasteiger partial charge in [0.2, 0.25) is 0 Å². The van der Waals surface area contributed by atoms with E-state index in [9.17, 15) is 9.59 Å². The van der Waals surface area contributed by atoms with E-state index in [1.54, 1.807) is 13.0 Å². The van der Waals surface area contributed by atoms with Crippen LogP contribution in [0.25, 0.3) is 0 Å². The molecule has 0 saturated carbocycles. The average molecular weight is 229 g/mol. The van der Waals surface area contributed by atoms with Crippen LogP contribution in [-0.4, -0.2) is 24.1 Å². The van der Waals surface area contributed by atoms with Gasteiger partial charge in [-0.15, -0.1) is 0 Å². The molecule has 1 aromatic carbocycles. The molecule has 0 saturated heterocycles. The van der Waals surface area contributed by atoms with Gasteiger partial charge in [-0.2, -0.15) is 5.10 Å². The lowest BCUT2D eigenvalue weighted by molar-refractivity contribution is 0.0900. The van der Waals surface area contributed by atoms with E-state index in [0.29, 0.717) is 11.3 Å². The number of carbonyl (C=O) groups is 2. The molecule has 5 nitrogen and oxygen atoms in total. The molecular weight excluding hydrogens is 218 g/mol. The van der Waals surface area contributed by atoms with Crippen molar-refractivity contribution in [3.05, 3.63) is 35.4 Å². The van der Waals surface area contributed by atoms with Gasteiger partial charge in [-0.3, -0.25) is 4.79 Å². The Morgan fingerprint density at radius 2 is 1.94 bits per heavy atom. The number of nitrogens with one attached hydrogen (secondary N) is 2. The fraction of sp³-hybridized carbons (Fsp3) is 0.250. The van der Waals surface area contributed by atoms with Crippen molar-refractivity contribution in [2.75, 3.05) is 6.54 Å². The van der Waals surface area contributed by atoms with Crippen LogP contribution >= 0.6 is 0 Å². The molecule has 1 unspecified atom stereocenters. The molecule has 86 valence electrons. The van der Waals surface area contributed by atoms with Crippen LogP contribution in [0.4, 0.5) is 4.79 Å². The quantitative estimate of drug-likeness (QED) is 0.694. The molecule has 0 radical (unpaired) electrons. The van der Waals surface area contributed by atoms with Gasteiger partial charge in [-0.1, -0.05) is 24.3 Å². The zero-order valence-corrected chi connectivity index (χ0v) is 9.28. The van der Waals surface area contributed by atoms with Crippen LogP contribution in [0.15, 0.2) is 29.4 Å². The highest BCUT2D eigenvalue weighted by atomic mass is 16.2. The number of hydrazone groups is 1. The summed E-state index contributed by atoms with van der Waals surface area (Å²) < 4.78 is 0. The minimum absolute atomic E-state index is 0.0100. The number of benzene rings is 1. The van der Waals surface area contributed by atoms with Crippen molar-refractivity contribution in [2.24, 2.45) is 10.5 Å². The molecule has 0 aromatic heterocycles. The molecule has 5 heteroatoms. The number of Topliss-reactive ketones (excluding diaryl/α,β-unsaturated/α-hetero) is 1. The summed E-state index contributed by atoms with van der Waals surface area (Å²) in [7, 11) is 0. The van der Waals surface area contributed by atoms with E-state index in [1.165, 1.54) is 0 Å². The van der Waals surface area contributed by atoms with E-state index in [-0.39, 0.29) is 18.4 Å². The van der Waals surface area contributed by atoms with Gasteiger partial charge in [0, 0.05) is 17.7 Å². The molecule has 1 aliphatic carbocycles. The van der Waals surface area contributed by atoms with Crippen LogP contribution in [0.5, 0.6) is 0 Å². The van der Waals surface area contributed by atoms with Gasteiger partial charge in [0.1, 0.15) is 0 Å². The van der Waals surface area contributed by atoms with E-state index < -0.39 is 5.41 Å². The Morgan fingerprint density at radius 3 is 2.71 bits per heavy atom. The van der Waals surface area contributed by atoms with Crippen LogP contribution < -0.4 is 10.7 Å². The van der Waals surface area contributed by atoms with E-state index in [0.717, 1.165) is 5.56 Å². The number of hydrogen-bond donors (Lipinski definition) is 2. The number of fused-ring (bicyclic) bond motifs is 3. The summed E-state index contributed by atoms with van der Waals surface area (Å²) in [5.41, 5.74) is 3.74. The Morgan fingerprint density at radius 1 is 1.24 bits per heavy atom. The smallest absolute Gasteiger partial charge is 0.335 e. The van der Waals surface area contributed by atoms with Crippen molar-refractivity contribution in [2.45, 2.75) is 6.92 Å². The normalized spacial score (nSPS) is 26.3. The summed E-state index contributed by atoms with van der Waals surface area (Å²) in [6.45, 7) is 2.08. The highest BCUT2D eigenvalue weighted by molar-refractivity contribution is 6.31. The number of amides is 2. The van der Waals surface area contributed by atoms with Crippen LogP contribution in [0.1, 0.15) is 22.8 Å². The highest BCUT2D eigenvalue weighted by Gasteiger charge is 2.48. The SMILES string of the molecule is CC12CNC(=O)NN=C1c1ccccc1C2=O. The molecule has 17 heavy (non-hydrogen) atoms. The van der Waals surface area contributed by atoms with Crippen molar-refractivity contribution < 1.29 is 9.59 Å². The molecular formula is C12H11N3O2. The molecule has 0 spiro atoms. The van der Waals surface area contributed by atoms with Gasteiger partial charge in [-0.25, -0.2) is 10.2 Å².